The topological polar surface area (TPSA) is 32.3 Å². The van der Waals surface area contributed by atoms with Gasteiger partial charge >= 0.3 is 0 Å². The lowest BCUT2D eigenvalue weighted by atomic mass is 10.1. The molecule has 2 atom stereocenters. The zero-order chi connectivity index (χ0) is 12.5. The summed E-state index contributed by atoms with van der Waals surface area (Å²) in [4.78, 5) is 1.28. The van der Waals surface area contributed by atoms with E-state index in [0.717, 1.165) is 17.4 Å². The van der Waals surface area contributed by atoms with Crippen LogP contribution in [0.2, 0.25) is 0 Å². The number of halogens is 1. The van der Waals surface area contributed by atoms with E-state index in [0.29, 0.717) is 0 Å². The summed E-state index contributed by atoms with van der Waals surface area (Å²) in [5, 5.41) is 15.7. The van der Waals surface area contributed by atoms with Crippen LogP contribution < -0.4 is 5.32 Å². The highest BCUT2D eigenvalue weighted by Gasteiger charge is 2.30. The summed E-state index contributed by atoms with van der Waals surface area (Å²) in [5.41, 5.74) is 2.50. The van der Waals surface area contributed by atoms with Crippen molar-refractivity contribution in [1.82, 2.24) is 5.32 Å². The number of thiophene rings is 1. The third kappa shape index (κ3) is 2.38. The quantitative estimate of drug-likeness (QED) is 0.908. The Bertz CT molecular complexity index is 554. The van der Waals surface area contributed by atoms with Crippen molar-refractivity contribution in [3.05, 3.63) is 56.2 Å². The van der Waals surface area contributed by atoms with Gasteiger partial charge in [0, 0.05) is 27.7 Å². The average Bonchev–Trinajstić information content (AvgIpc) is 2.90. The fourth-order valence-corrected chi connectivity index (χ4v) is 3.88. The molecule has 94 valence electrons. The molecule has 0 unspecified atom stereocenters. The van der Waals surface area contributed by atoms with Crippen molar-refractivity contribution in [2.45, 2.75) is 25.1 Å². The van der Waals surface area contributed by atoms with E-state index in [4.69, 9.17) is 0 Å². The number of fused-ring (bicyclic) bond motifs is 1. The highest BCUT2D eigenvalue weighted by molar-refractivity contribution is 9.10. The minimum absolute atomic E-state index is 0.0575. The first-order valence-corrected chi connectivity index (χ1v) is 7.63. The second-order valence-corrected chi connectivity index (χ2v) is 6.47. The van der Waals surface area contributed by atoms with Crippen molar-refractivity contribution in [3.63, 3.8) is 0 Å². The van der Waals surface area contributed by atoms with Crippen LogP contribution in [0.15, 0.2) is 40.2 Å². The predicted octanol–water partition coefficient (Wildman–Crippen LogP) is 3.26. The Hall–Kier alpha value is -0.680. The van der Waals surface area contributed by atoms with Crippen LogP contribution >= 0.6 is 27.3 Å². The van der Waals surface area contributed by atoms with Gasteiger partial charge in [-0.25, -0.2) is 0 Å². The van der Waals surface area contributed by atoms with Crippen molar-refractivity contribution in [2.75, 3.05) is 0 Å². The summed E-state index contributed by atoms with van der Waals surface area (Å²) in [6.07, 6.45) is 0.438. The van der Waals surface area contributed by atoms with Gasteiger partial charge in [-0.1, -0.05) is 24.3 Å². The third-order valence-electron chi connectivity index (χ3n) is 3.32. The summed E-state index contributed by atoms with van der Waals surface area (Å²) in [7, 11) is 0. The standard InChI is InChI=1S/C14H14BrNOS/c15-10-6-11(18-8-10)7-16-14-12-4-2-1-3-9(12)5-13(14)17/h1-4,6,8,13-14,16-17H,5,7H2/t13-,14+/m0/s1. The molecule has 1 aromatic carbocycles. The molecule has 0 fully saturated rings. The predicted molar refractivity (Wildman–Crippen MR) is 77.8 cm³/mol. The summed E-state index contributed by atoms with van der Waals surface area (Å²) >= 11 is 5.18. The van der Waals surface area contributed by atoms with Gasteiger partial charge in [0.05, 0.1) is 12.1 Å². The maximum absolute atomic E-state index is 10.1. The Labute approximate surface area is 119 Å². The molecule has 0 spiro atoms. The van der Waals surface area contributed by atoms with E-state index in [1.807, 2.05) is 12.1 Å². The number of rotatable bonds is 3. The van der Waals surface area contributed by atoms with E-state index in [2.05, 4.69) is 44.8 Å². The van der Waals surface area contributed by atoms with Crippen LogP contribution in [-0.2, 0) is 13.0 Å². The van der Waals surface area contributed by atoms with E-state index in [9.17, 15) is 5.11 Å². The van der Waals surface area contributed by atoms with Crippen molar-refractivity contribution in [2.24, 2.45) is 0 Å². The average molecular weight is 324 g/mol. The van der Waals surface area contributed by atoms with Gasteiger partial charge in [0.2, 0.25) is 0 Å². The Morgan fingerprint density at radius 2 is 2.22 bits per heavy atom. The van der Waals surface area contributed by atoms with E-state index in [1.54, 1.807) is 11.3 Å². The fourth-order valence-electron chi connectivity index (χ4n) is 2.48. The van der Waals surface area contributed by atoms with Gasteiger partial charge < -0.3 is 10.4 Å². The highest BCUT2D eigenvalue weighted by atomic mass is 79.9. The van der Waals surface area contributed by atoms with Crippen LogP contribution in [0.3, 0.4) is 0 Å². The highest BCUT2D eigenvalue weighted by Crippen LogP contribution is 2.31. The van der Waals surface area contributed by atoms with Crippen molar-refractivity contribution in [1.29, 1.82) is 0 Å². The Morgan fingerprint density at radius 3 is 3.00 bits per heavy atom. The van der Waals surface area contributed by atoms with Gasteiger partial charge in [0.15, 0.2) is 0 Å². The van der Waals surface area contributed by atoms with Crippen molar-refractivity contribution < 1.29 is 5.11 Å². The van der Waals surface area contributed by atoms with E-state index >= 15 is 0 Å². The third-order valence-corrected chi connectivity index (χ3v) is 5.02. The Balaban J connectivity index is 1.73. The molecule has 1 aliphatic rings. The summed E-state index contributed by atoms with van der Waals surface area (Å²) < 4.78 is 1.12. The van der Waals surface area contributed by atoms with Crippen LogP contribution in [-0.4, -0.2) is 11.2 Å². The molecule has 2 aromatic rings. The second-order valence-electron chi connectivity index (χ2n) is 4.56. The lowest BCUT2D eigenvalue weighted by Gasteiger charge is -2.17. The molecular weight excluding hydrogens is 310 g/mol. The number of aliphatic hydroxyl groups is 1. The van der Waals surface area contributed by atoms with E-state index < -0.39 is 0 Å². The number of hydrogen-bond donors (Lipinski definition) is 2. The van der Waals surface area contributed by atoms with Gasteiger partial charge in [-0.05, 0) is 33.1 Å². The first-order chi connectivity index (χ1) is 8.74. The molecule has 4 heteroatoms. The molecule has 1 aliphatic carbocycles. The smallest absolute Gasteiger partial charge is 0.0775 e. The van der Waals surface area contributed by atoms with Crippen LogP contribution in [0.25, 0.3) is 0 Å². The molecule has 2 N–H and O–H groups in total. The summed E-state index contributed by atoms with van der Waals surface area (Å²) in [5.74, 6) is 0. The first kappa shape index (κ1) is 12.4. The fraction of sp³-hybridized carbons (Fsp3) is 0.286. The molecule has 0 bridgehead atoms. The lowest BCUT2D eigenvalue weighted by molar-refractivity contribution is 0.141. The van der Waals surface area contributed by atoms with Gasteiger partial charge in [0.1, 0.15) is 0 Å². The molecule has 1 aromatic heterocycles. The number of nitrogens with one attached hydrogen (secondary N) is 1. The number of benzene rings is 1. The normalized spacial score (nSPS) is 22.1. The molecule has 18 heavy (non-hydrogen) atoms. The van der Waals surface area contributed by atoms with Crippen LogP contribution in [0.4, 0.5) is 0 Å². The Kier molecular flexibility index (Phi) is 3.52. The second kappa shape index (κ2) is 5.13. The van der Waals surface area contributed by atoms with Crippen molar-refractivity contribution >= 4 is 27.3 Å². The molecule has 0 saturated heterocycles. The SMILES string of the molecule is O[C@H]1Cc2ccccc2[C@H]1NCc1cc(Br)cs1. The molecule has 2 nitrogen and oxygen atoms in total. The maximum atomic E-state index is 10.1. The van der Waals surface area contributed by atoms with Crippen LogP contribution in [0, 0.1) is 0 Å². The summed E-state index contributed by atoms with van der Waals surface area (Å²) in [6, 6.07) is 10.4. The number of aliphatic hydroxyl groups excluding tert-OH is 1. The van der Waals surface area contributed by atoms with Crippen LogP contribution in [0.1, 0.15) is 22.0 Å². The van der Waals surface area contributed by atoms with Gasteiger partial charge in [-0.15, -0.1) is 11.3 Å². The van der Waals surface area contributed by atoms with Gasteiger partial charge in [-0.2, -0.15) is 0 Å². The lowest BCUT2D eigenvalue weighted by Crippen LogP contribution is -2.28. The van der Waals surface area contributed by atoms with E-state index in [-0.39, 0.29) is 12.1 Å². The molecule has 0 radical (unpaired) electrons. The largest absolute Gasteiger partial charge is 0.391 e. The first-order valence-electron chi connectivity index (χ1n) is 5.96. The van der Waals surface area contributed by atoms with Gasteiger partial charge in [0.25, 0.3) is 0 Å². The summed E-state index contributed by atoms with van der Waals surface area (Å²) in [6.45, 7) is 0.798. The minimum Gasteiger partial charge on any atom is -0.391 e. The number of hydrogen-bond acceptors (Lipinski definition) is 3. The van der Waals surface area contributed by atoms with Crippen molar-refractivity contribution in [3.8, 4) is 0 Å². The Morgan fingerprint density at radius 1 is 1.39 bits per heavy atom. The minimum atomic E-state index is -0.314. The molecule has 0 aliphatic heterocycles. The maximum Gasteiger partial charge on any atom is 0.0775 e. The molecular formula is C14H14BrNOS. The van der Waals surface area contributed by atoms with Gasteiger partial charge in [-0.3, -0.25) is 0 Å². The zero-order valence-electron chi connectivity index (χ0n) is 9.77. The van der Waals surface area contributed by atoms with Crippen LogP contribution in [0.5, 0.6) is 0 Å². The zero-order valence-corrected chi connectivity index (χ0v) is 12.2. The molecule has 3 rings (SSSR count). The molecule has 1 heterocycles. The monoisotopic (exact) mass is 323 g/mol. The van der Waals surface area contributed by atoms with E-state index in [1.165, 1.54) is 16.0 Å². The molecule has 0 saturated carbocycles. The molecule has 0 amide bonds.